The van der Waals surface area contributed by atoms with Crippen LogP contribution in [0.1, 0.15) is 27.6 Å². The van der Waals surface area contributed by atoms with Gasteiger partial charge in [-0.25, -0.2) is 0 Å². The molecule has 166 valence electrons. The van der Waals surface area contributed by atoms with Gasteiger partial charge < -0.3 is 45.2 Å². The van der Waals surface area contributed by atoms with E-state index in [9.17, 15) is 40.5 Å². The largest absolute Gasteiger partial charge is 0.508 e. The van der Waals surface area contributed by atoms with Gasteiger partial charge in [0.2, 0.25) is 5.78 Å². The predicted octanol–water partition coefficient (Wildman–Crippen LogP) is -0.881. The van der Waals surface area contributed by atoms with E-state index in [1.807, 2.05) is 0 Å². The summed E-state index contributed by atoms with van der Waals surface area (Å²) in [5.41, 5.74) is 0.204. The third kappa shape index (κ3) is 3.53. The molecule has 10 heteroatoms. The Morgan fingerprint density at radius 1 is 0.935 bits per heavy atom. The molecule has 2 aliphatic heterocycles. The Morgan fingerprint density at radius 3 is 2.26 bits per heavy atom. The maximum absolute atomic E-state index is 12.9. The average Bonchev–Trinajstić information content (AvgIpc) is 2.99. The van der Waals surface area contributed by atoms with Crippen molar-refractivity contribution in [2.24, 2.45) is 0 Å². The van der Waals surface area contributed by atoms with Gasteiger partial charge >= 0.3 is 0 Å². The Bertz CT molecular complexity index is 988. The molecule has 0 aliphatic carbocycles. The first-order valence-electron chi connectivity index (χ1n) is 9.56. The summed E-state index contributed by atoms with van der Waals surface area (Å²) < 4.78 is 11.1. The molecule has 7 N–H and O–H groups in total. The number of carbonyl (C=O) groups excluding carboxylic acids is 1. The van der Waals surface area contributed by atoms with E-state index in [1.54, 1.807) is 0 Å². The summed E-state index contributed by atoms with van der Waals surface area (Å²) in [5, 5.41) is 70.7. The number of benzene rings is 2. The van der Waals surface area contributed by atoms with Gasteiger partial charge in [-0.2, -0.15) is 0 Å². The fraction of sp³-hybridized carbons (Fsp3) is 0.381. The average molecular weight is 434 g/mol. The smallest absolute Gasteiger partial charge is 0.276 e. The number of ketones is 1. The van der Waals surface area contributed by atoms with Gasteiger partial charge in [-0.05, 0) is 29.8 Å². The molecule has 2 aromatic carbocycles. The molecule has 1 saturated heterocycles. The summed E-state index contributed by atoms with van der Waals surface area (Å²) in [6.07, 6.45) is -8.01. The lowest BCUT2D eigenvalue weighted by Crippen LogP contribution is -2.55. The summed E-state index contributed by atoms with van der Waals surface area (Å²) >= 11 is 0. The van der Waals surface area contributed by atoms with Crippen molar-refractivity contribution >= 4 is 5.78 Å². The number of ether oxygens (including phenoxy) is 2. The van der Waals surface area contributed by atoms with E-state index in [-0.39, 0.29) is 29.0 Å². The second kappa shape index (κ2) is 7.75. The maximum atomic E-state index is 12.9. The fourth-order valence-corrected chi connectivity index (χ4v) is 3.93. The third-order valence-corrected chi connectivity index (χ3v) is 5.60. The highest BCUT2D eigenvalue weighted by Crippen LogP contribution is 2.48. The van der Waals surface area contributed by atoms with Crippen LogP contribution in [0.25, 0.3) is 0 Å². The SMILES string of the molecule is O=C1c2ccc(O)c([C@@H]3O[C@H](CO)[C@@H](O)[C@H](O)[C@H]3O)c2O[C@]1(O)Cc1ccc(O)cc1. The molecule has 0 radical (unpaired) electrons. The Labute approximate surface area is 176 Å². The van der Waals surface area contributed by atoms with E-state index < -0.39 is 54.4 Å². The van der Waals surface area contributed by atoms with Gasteiger partial charge in [0.1, 0.15) is 47.8 Å². The number of carbonyl (C=O) groups is 1. The van der Waals surface area contributed by atoms with Crippen molar-refractivity contribution in [3.05, 3.63) is 53.1 Å². The Balaban J connectivity index is 1.72. The van der Waals surface area contributed by atoms with Gasteiger partial charge in [0.15, 0.2) is 0 Å². The van der Waals surface area contributed by atoms with Crippen LogP contribution in [0.15, 0.2) is 36.4 Å². The summed E-state index contributed by atoms with van der Waals surface area (Å²) in [7, 11) is 0. The van der Waals surface area contributed by atoms with Crippen LogP contribution in [0.3, 0.4) is 0 Å². The molecule has 2 aromatic rings. The molecule has 0 amide bonds. The first kappa shape index (κ1) is 21.5. The van der Waals surface area contributed by atoms with Crippen molar-refractivity contribution in [3.63, 3.8) is 0 Å². The van der Waals surface area contributed by atoms with E-state index in [2.05, 4.69) is 0 Å². The van der Waals surface area contributed by atoms with Crippen molar-refractivity contribution in [2.45, 2.75) is 42.7 Å². The first-order chi connectivity index (χ1) is 14.7. The van der Waals surface area contributed by atoms with Gasteiger partial charge in [0.25, 0.3) is 5.79 Å². The predicted molar refractivity (Wildman–Crippen MR) is 103 cm³/mol. The molecule has 0 bridgehead atoms. The molecule has 0 spiro atoms. The van der Waals surface area contributed by atoms with Crippen LogP contribution in [0, 0.1) is 0 Å². The number of aliphatic hydroxyl groups excluding tert-OH is 4. The summed E-state index contributed by atoms with van der Waals surface area (Å²) in [6, 6.07) is 8.18. The quantitative estimate of drug-likeness (QED) is 0.320. The molecule has 6 atom stereocenters. The number of hydrogen-bond donors (Lipinski definition) is 7. The van der Waals surface area contributed by atoms with Gasteiger partial charge in [-0.1, -0.05) is 12.1 Å². The van der Waals surface area contributed by atoms with Crippen molar-refractivity contribution in [1.29, 1.82) is 0 Å². The molecule has 2 heterocycles. The van der Waals surface area contributed by atoms with Gasteiger partial charge in [-0.15, -0.1) is 0 Å². The van der Waals surface area contributed by atoms with E-state index >= 15 is 0 Å². The van der Waals surface area contributed by atoms with Crippen LogP contribution in [0.5, 0.6) is 17.2 Å². The van der Waals surface area contributed by atoms with E-state index in [1.165, 1.54) is 30.3 Å². The normalized spacial score (nSPS) is 32.5. The van der Waals surface area contributed by atoms with Crippen molar-refractivity contribution < 1.29 is 50.0 Å². The Hall–Kier alpha value is -2.73. The highest BCUT2D eigenvalue weighted by molar-refractivity contribution is 6.07. The van der Waals surface area contributed by atoms with E-state index in [0.29, 0.717) is 5.56 Å². The number of phenols is 2. The molecule has 31 heavy (non-hydrogen) atoms. The lowest BCUT2D eigenvalue weighted by molar-refractivity contribution is -0.232. The van der Waals surface area contributed by atoms with Crippen molar-refractivity contribution in [1.82, 2.24) is 0 Å². The number of aliphatic hydroxyl groups is 5. The van der Waals surface area contributed by atoms with E-state index in [4.69, 9.17) is 9.47 Å². The van der Waals surface area contributed by atoms with Crippen molar-refractivity contribution in [3.8, 4) is 17.2 Å². The van der Waals surface area contributed by atoms with Crippen molar-refractivity contribution in [2.75, 3.05) is 6.61 Å². The second-order valence-electron chi connectivity index (χ2n) is 7.68. The number of aromatic hydroxyl groups is 2. The van der Waals surface area contributed by atoms with Gasteiger partial charge in [-0.3, -0.25) is 4.79 Å². The number of fused-ring (bicyclic) bond motifs is 1. The third-order valence-electron chi connectivity index (χ3n) is 5.60. The van der Waals surface area contributed by atoms with Crippen LogP contribution in [-0.4, -0.2) is 78.3 Å². The molecule has 0 unspecified atom stereocenters. The van der Waals surface area contributed by atoms with Crippen LogP contribution in [0.4, 0.5) is 0 Å². The Morgan fingerprint density at radius 2 is 1.61 bits per heavy atom. The number of phenolic OH excluding ortho intramolecular Hbond substituents is 2. The molecular formula is C21H22O10. The lowest BCUT2D eigenvalue weighted by atomic mass is 9.89. The summed E-state index contributed by atoms with van der Waals surface area (Å²) in [5.74, 6) is -3.79. The molecule has 4 rings (SSSR count). The molecular weight excluding hydrogens is 412 g/mol. The standard InChI is InChI=1S/C21H22O10/c22-8-13-15(25)16(26)17(27)19(30-13)14-12(24)6-5-11-18(14)31-21(29,20(11)28)7-9-1-3-10(23)4-2-9/h1-6,13,15-17,19,22-27,29H,7-8H2/t13-,15-,16+,17-,19+,21-/m1/s1. The zero-order valence-corrected chi connectivity index (χ0v) is 16.1. The highest BCUT2D eigenvalue weighted by atomic mass is 16.6. The molecule has 0 saturated carbocycles. The first-order valence-corrected chi connectivity index (χ1v) is 9.56. The minimum absolute atomic E-state index is 0.00696. The number of Topliss-reactive ketones (excluding diaryl/α,β-unsaturated/α-hetero) is 1. The van der Waals surface area contributed by atoms with Gasteiger partial charge in [0, 0.05) is 6.42 Å². The van der Waals surface area contributed by atoms with Crippen LogP contribution in [-0.2, 0) is 11.2 Å². The zero-order chi connectivity index (χ0) is 22.5. The van der Waals surface area contributed by atoms with Gasteiger partial charge in [0.05, 0.1) is 17.7 Å². The maximum Gasteiger partial charge on any atom is 0.276 e. The monoisotopic (exact) mass is 434 g/mol. The molecule has 1 fully saturated rings. The number of rotatable bonds is 4. The fourth-order valence-electron chi connectivity index (χ4n) is 3.93. The highest BCUT2D eigenvalue weighted by Gasteiger charge is 2.52. The van der Waals surface area contributed by atoms with Crippen LogP contribution >= 0.6 is 0 Å². The second-order valence-corrected chi connectivity index (χ2v) is 7.68. The topological polar surface area (TPSA) is 177 Å². The summed E-state index contributed by atoms with van der Waals surface area (Å²) in [6.45, 7) is -0.679. The minimum atomic E-state index is -2.32. The minimum Gasteiger partial charge on any atom is -0.508 e. The summed E-state index contributed by atoms with van der Waals surface area (Å²) in [4.78, 5) is 12.9. The van der Waals surface area contributed by atoms with Crippen LogP contribution in [0.2, 0.25) is 0 Å². The number of hydrogen-bond acceptors (Lipinski definition) is 10. The molecule has 10 nitrogen and oxygen atoms in total. The van der Waals surface area contributed by atoms with E-state index in [0.717, 1.165) is 6.07 Å². The Kier molecular flexibility index (Phi) is 5.38. The molecule has 0 aromatic heterocycles. The molecule has 2 aliphatic rings. The lowest BCUT2D eigenvalue weighted by Gasteiger charge is -2.40. The van der Waals surface area contributed by atoms with Crippen LogP contribution < -0.4 is 4.74 Å². The zero-order valence-electron chi connectivity index (χ0n) is 16.1.